The Kier molecular flexibility index (Phi) is 6.17. The number of hydrogen-bond acceptors (Lipinski definition) is 7. The van der Waals surface area contributed by atoms with Crippen molar-refractivity contribution in [2.75, 3.05) is 24.4 Å². The molecule has 3 rings (SSSR count). The lowest BCUT2D eigenvalue weighted by Crippen LogP contribution is -2.16. The zero-order chi connectivity index (χ0) is 19.4. The molecule has 2 aromatic heterocycles. The number of aryl methyl sites for hydroxylation is 1. The van der Waals surface area contributed by atoms with Crippen LogP contribution in [0.15, 0.2) is 29.6 Å². The van der Waals surface area contributed by atoms with Crippen molar-refractivity contribution in [1.29, 1.82) is 0 Å². The van der Waals surface area contributed by atoms with E-state index in [2.05, 4.69) is 20.6 Å². The number of thiazole rings is 2. The second kappa shape index (κ2) is 8.57. The van der Waals surface area contributed by atoms with Gasteiger partial charge in [0, 0.05) is 12.5 Å². The van der Waals surface area contributed by atoms with Crippen molar-refractivity contribution in [2.24, 2.45) is 0 Å². The van der Waals surface area contributed by atoms with E-state index in [9.17, 15) is 9.59 Å². The lowest BCUT2D eigenvalue weighted by molar-refractivity contribution is -0.119. The van der Waals surface area contributed by atoms with Gasteiger partial charge in [0.1, 0.15) is 6.61 Å². The van der Waals surface area contributed by atoms with Crippen molar-refractivity contribution in [3.63, 3.8) is 0 Å². The van der Waals surface area contributed by atoms with Gasteiger partial charge in [-0.2, -0.15) is 0 Å². The van der Waals surface area contributed by atoms with Gasteiger partial charge in [-0.3, -0.25) is 20.2 Å². The highest BCUT2D eigenvalue weighted by molar-refractivity contribution is 7.20. The fourth-order valence-corrected chi connectivity index (χ4v) is 4.16. The number of methoxy groups -OCH3 is 1. The Balaban J connectivity index is 1.75. The second-order valence-corrected chi connectivity index (χ2v) is 7.65. The van der Waals surface area contributed by atoms with Crippen molar-refractivity contribution < 1.29 is 14.3 Å². The number of ether oxygens (including phenoxy) is 1. The van der Waals surface area contributed by atoms with E-state index in [4.69, 9.17) is 16.3 Å². The molecule has 7 nitrogen and oxygen atoms in total. The van der Waals surface area contributed by atoms with Crippen LogP contribution in [0.2, 0.25) is 5.02 Å². The van der Waals surface area contributed by atoms with Crippen molar-refractivity contribution >= 4 is 56.4 Å². The molecule has 27 heavy (non-hydrogen) atoms. The number of carbonyl (C=O) groups excluding carboxylic acids is 2. The van der Waals surface area contributed by atoms with Gasteiger partial charge in [-0.1, -0.05) is 35.1 Å². The number of benzene rings is 1. The Morgan fingerprint density at radius 3 is 2.70 bits per heavy atom. The molecule has 0 atom stereocenters. The SMILES string of the molecule is COCC(=O)Nc1nc(-c2sc(NC(=O)c3ccccc3Cl)nc2C)cs1. The van der Waals surface area contributed by atoms with Gasteiger partial charge >= 0.3 is 0 Å². The molecule has 0 bridgehead atoms. The number of anilines is 2. The van der Waals surface area contributed by atoms with Crippen LogP contribution in [0.4, 0.5) is 10.3 Å². The molecule has 0 spiro atoms. The number of amides is 2. The van der Waals surface area contributed by atoms with Crippen molar-refractivity contribution in [1.82, 2.24) is 9.97 Å². The van der Waals surface area contributed by atoms with Crippen molar-refractivity contribution in [3.05, 3.63) is 45.9 Å². The molecule has 0 aliphatic carbocycles. The van der Waals surface area contributed by atoms with Crippen LogP contribution in [0.1, 0.15) is 16.1 Å². The Bertz CT molecular complexity index is 986. The summed E-state index contributed by atoms with van der Waals surface area (Å²) in [7, 11) is 1.45. The summed E-state index contributed by atoms with van der Waals surface area (Å²) >= 11 is 8.66. The second-order valence-electron chi connectivity index (χ2n) is 5.39. The highest BCUT2D eigenvalue weighted by Crippen LogP contribution is 2.34. The molecule has 2 heterocycles. The smallest absolute Gasteiger partial charge is 0.258 e. The average Bonchev–Trinajstić information content (AvgIpc) is 3.21. The first kappa shape index (κ1) is 19.4. The summed E-state index contributed by atoms with van der Waals surface area (Å²) in [6, 6.07) is 6.81. The molecule has 0 radical (unpaired) electrons. The number of nitrogens with zero attached hydrogens (tertiary/aromatic N) is 2. The summed E-state index contributed by atoms with van der Waals surface area (Å²) in [5, 5.41) is 8.54. The zero-order valence-electron chi connectivity index (χ0n) is 14.4. The van der Waals surface area contributed by atoms with E-state index in [-0.39, 0.29) is 18.4 Å². The number of aromatic nitrogens is 2. The van der Waals surface area contributed by atoms with Gasteiger partial charge in [0.2, 0.25) is 0 Å². The van der Waals surface area contributed by atoms with Crippen LogP contribution < -0.4 is 10.6 Å². The minimum atomic E-state index is -0.327. The fraction of sp³-hybridized carbons (Fsp3) is 0.176. The van der Waals surface area contributed by atoms with E-state index in [0.717, 1.165) is 10.6 Å². The third kappa shape index (κ3) is 4.69. The van der Waals surface area contributed by atoms with Crippen LogP contribution in [0, 0.1) is 6.92 Å². The Hall–Kier alpha value is -2.33. The number of halogens is 1. The van der Waals surface area contributed by atoms with Crippen LogP contribution >= 0.6 is 34.3 Å². The Morgan fingerprint density at radius 1 is 1.19 bits per heavy atom. The maximum Gasteiger partial charge on any atom is 0.258 e. The Morgan fingerprint density at radius 2 is 1.96 bits per heavy atom. The van der Waals surface area contributed by atoms with Crippen molar-refractivity contribution in [2.45, 2.75) is 6.92 Å². The number of nitrogens with one attached hydrogen (secondary N) is 2. The minimum Gasteiger partial charge on any atom is -0.375 e. The fourth-order valence-electron chi connectivity index (χ4n) is 2.22. The van der Waals surface area contributed by atoms with Crippen LogP contribution in [0.3, 0.4) is 0 Å². The molecule has 0 unspecified atom stereocenters. The molecular weight excluding hydrogens is 408 g/mol. The van der Waals surface area contributed by atoms with E-state index < -0.39 is 0 Å². The third-order valence-corrected chi connectivity index (χ3v) is 5.58. The molecule has 2 amide bonds. The number of hydrogen-bond donors (Lipinski definition) is 2. The lowest BCUT2D eigenvalue weighted by Gasteiger charge is -2.03. The molecule has 0 fully saturated rings. The molecule has 0 aliphatic rings. The van der Waals surface area contributed by atoms with E-state index in [1.54, 1.807) is 24.3 Å². The zero-order valence-corrected chi connectivity index (χ0v) is 16.8. The monoisotopic (exact) mass is 422 g/mol. The molecule has 2 N–H and O–H groups in total. The molecule has 0 aliphatic heterocycles. The predicted molar refractivity (Wildman–Crippen MR) is 108 cm³/mol. The summed E-state index contributed by atoms with van der Waals surface area (Å²) in [6.45, 7) is 1.80. The lowest BCUT2D eigenvalue weighted by atomic mass is 10.2. The van der Waals surface area contributed by atoms with Gasteiger partial charge < -0.3 is 4.74 Å². The van der Waals surface area contributed by atoms with Crippen LogP contribution in [0.25, 0.3) is 10.6 Å². The predicted octanol–water partition coefficient (Wildman–Crippen LogP) is 4.07. The number of rotatable bonds is 6. The maximum absolute atomic E-state index is 12.4. The van der Waals surface area contributed by atoms with Gasteiger partial charge in [0.05, 0.1) is 26.9 Å². The molecule has 0 saturated heterocycles. The highest BCUT2D eigenvalue weighted by Gasteiger charge is 2.17. The summed E-state index contributed by atoms with van der Waals surface area (Å²) in [5.41, 5.74) is 1.79. The van der Waals surface area contributed by atoms with Crippen LogP contribution in [-0.2, 0) is 9.53 Å². The van der Waals surface area contributed by atoms with E-state index in [1.807, 2.05) is 12.3 Å². The summed E-state index contributed by atoms with van der Waals surface area (Å²) in [6.07, 6.45) is 0. The first-order chi connectivity index (χ1) is 13.0. The van der Waals surface area contributed by atoms with E-state index >= 15 is 0 Å². The van der Waals surface area contributed by atoms with Crippen LogP contribution in [-0.4, -0.2) is 35.5 Å². The first-order valence-corrected chi connectivity index (χ1v) is 9.83. The van der Waals surface area contributed by atoms with Gasteiger partial charge in [0.25, 0.3) is 11.8 Å². The van der Waals surface area contributed by atoms with Gasteiger partial charge in [0.15, 0.2) is 10.3 Å². The normalized spacial score (nSPS) is 10.6. The average molecular weight is 423 g/mol. The van der Waals surface area contributed by atoms with E-state index in [1.165, 1.54) is 29.8 Å². The maximum atomic E-state index is 12.4. The number of carbonyl (C=O) groups is 2. The summed E-state index contributed by atoms with van der Waals surface area (Å²) < 4.78 is 4.78. The highest BCUT2D eigenvalue weighted by atomic mass is 35.5. The summed E-state index contributed by atoms with van der Waals surface area (Å²) in [5.74, 6) is -0.598. The Labute approximate surface area is 168 Å². The molecule has 0 saturated carbocycles. The third-order valence-electron chi connectivity index (χ3n) is 3.39. The van der Waals surface area contributed by atoms with Gasteiger partial charge in [-0.15, -0.1) is 11.3 Å². The topological polar surface area (TPSA) is 93.2 Å². The standard InChI is InChI=1S/C17H15ClN4O3S2/c1-9-14(12-8-26-16(20-12)21-13(23)7-25-2)27-17(19-9)22-15(24)10-5-3-4-6-11(10)18/h3-6,8H,7H2,1-2H3,(H,19,22,24)(H,20,21,23). The minimum absolute atomic E-state index is 0.0350. The quantitative estimate of drug-likeness (QED) is 0.624. The van der Waals surface area contributed by atoms with Gasteiger partial charge in [-0.25, -0.2) is 9.97 Å². The largest absolute Gasteiger partial charge is 0.375 e. The first-order valence-electron chi connectivity index (χ1n) is 7.76. The molecular formula is C17H15ClN4O3S2. The van der Waals surface area contributed by atoms with Crippen LogP contribution in [0.5, 0.6) is 0 Å². The van der Waals surface area contributed by atoms with Crippen molar-refractivity contribution in [3.8, 4) is 10.6 Å². The van der Waals surface area contributed by atoms with E-state index in [0.29, 0.717) is 26.5 Å². The van der Waals surface area contributed by atoms with Gasteiger partial charge in [-0.05, 0) is 19.1 Å². The molecule has 10 heteroatoms. The molecule has 140 valence electrons. The molecule has 3 aromatic rings. The molecule has 1 aromatic carbocycles. The summed E-state index contributed by atoms with van der Waals surface area (Å²) in [4.78, 5) is 33.5.